The van der Waals surface area contributed by atoms with E-state index in [4.69, 9.17) is 5.73 Å². The van der Waals surface area contributed by atoms with E-state index >= 15 is 0 Å². The first-order chi connectivity index (χ1) is 12.6. The van der Waals surface area contributed by atoms with Gasteiger partial charge in [-0.15, -0.1) is 11.3 Å². The molecule has 1 heterocycles. The van der Waals surface area contributed by atoms with Crippen LogP contribution in [0, 0.1) is 18.3 Å². The highest BCUT2D eigenvalue weighted by Crippen LogP contribution is 2.26. The van der Waals surface area contributed by atoms with Gasteiger partial charge in [0, 0.05) is 28.4 Å². The van der Waals surface area contributed by atoms with Crippen LogP contribution in [0.15, 0.2) is 60.1 Å². The van der Waals surface area contributed by atoms with Crippen LogP contribution < -0.4 is 11.1 Å². The largest absolute Gasteiger partial charge is 0.366 e. The number of aryl methyl sites for hydroxylation is 1. The zero-order valence-electron chi connectivity index (χ0n) is 14.1. The van der Waals surface area contributed by atoms with E-state index in [1.54, 1.807) is 30.5 Å². The van der Waals surface area contributed by atoms with Gasteiger partial charge in [-0.05, 0) is 31.2 Å². The molecule has 2 aromatic carbocycles. The minimum absolute atomic E-state index is 0.433. The number of benzene rings is 2. The van der Waals surface area contributed by atoms with Gasteiger partial charge in [-0.25, -0.2) is 4.98 Å². The summed E-state index contributed by atoms with van der Waals surface area (Å²) in [5, 5.41) is 15.1. The van der Waals surface area contributed by atoms with E-state index in [0.717, 1.165) is 16.9 Å². The van der Waals surface area contributed by atoms with Gasteiger partial charge >= 0.3 is 0 Å². The number of carbonyl (C=O) groups excluding carboxylic acids is 1. The summed E-state index contributed by atoms with van der Waals surface area (Å²) in [5.74, 6) is -0.476. The second-order valence-corrected chi connectivity index (χ2v) is 6.52. The molecule has 26 heavy (non-hydrogen) atoms. The Bertz CT molecular complexity index is 996. The number of amides is 1. The normalized spacial score (nSPS) is 11.0. The van der Waals surface area contributed by atoms with Crippen molar-refractivity contribution in [2.75, 3.05) is 5.32 Å². The molecule has 0 radical (unpaired) electrons. The molecular formula is C20H16N4OS. The molecule has 0 saturated heterocycles. The first-order valence-electron chi connectivity index (χ1n) is 7.86. The number of hydrogen-bond acceptors (Lipinski definition) is 5. The lowest BCUT2D eigenvalue weighted by molar-refractivity contribution is 0.100. The van der Waals surface area contributed by atoms with E-state index in [-0.39, 0.29) is 0 Å². The van der Waals surface area contributed by atoms with E-state index in [1.807, 2.05) is 36.6 Å². The molecule has 128 valence electrons. The number of nitrogens with zero attached hydrogens (tertiary/aromatic N) is 2. The Balaban J connectivity index is 1.78. The zero-order valence-corrected chi connectivity index (χ0v) is 14.9. The van der Waals surface area contributed by atoms with E-state index < -0.39 is 5.91 Å². The lowest BCUT2D eigenvalue weighted by Crippen LogP contribution is -2.10. The van der Waals surface area contributed by atoms with Gasteiger partial charge < -0.3 is 11.1 Å². The maximum Gasteiger partial charge on any atom is 0.248 e. The van der Waals surface area contributed by atoms with Gasteiger partial charge in [0.25, 0.3) is 0 Å². The van der Waals surface area contributed by atoms with E-state index in [2.05, 4.69) is 16.4 Å². The van der Waals surface area contributed by atoms with Gasteiger partial charge in [0.15, 0.2) is 0 Å². The first kappa shape index (κ1) is 17.4. The number of nitriles is 1. The number of hydrogen-bond donors (Lipinski definition) is 2. The van der Waals surface area contributed by atoms with Crippen molar-refractivity contribution in [1.82, 2.24) is 4.98 Å². The molecule has 0 aliphatic heterocycles. The molecule has 5 nitrogen and oxygen atoms in total. The minimum atomic E-state index is -0.476. The Morgan fingerprint density at radius 2 is 1.88 bits per heavy atom. The van der Waals surface area contributed by atoms with Crippen molar-refractivity contribution in [2.45, 2.75) is 6.92 Å². The van der Waals surface area contributed by atoms with Crippen LogP contribution in [0.2, 0.25) is 0 Å². The van der Waals surface area contributed by atoms with Gasteiger partial charge in [-0.1, -0.05) is 29.8 Å². The number of aromatic nitrogens is 1. The summed E-state index contributed by atoms with van der Waals surface area (Å²) in [6.45, 7) is 2.04. The average molecular weight is 360 g/mol. The van der Waals surface area contributed by atoms with Gasteiger partial charge in [-0.2, -0.15) is 5.26 Å². The second-order valence-electron chi connectivity index (χ2n) is 5.66. The van der Waals surface area contributed by atoms with Crippen molar-refractivity contribution in [3.63, 3.8) is 0 Å². The Hall–Kier alpha value is -3.43. The summed E-state index contributed by atoms with van der Waals surface area (Å²) in [6, 6.07) is 17.0. The van der Waals surface area contributed by atoms with Gasteiger partial charge in [0.1, 0.15) is 16.6 Å². The smallest absolute Gasteiger partial charge is 0.248 e. The number of anilines is 1. The predicted octanol–water partition coefficient (Wildman–Crippen LogP) is 4.19. The number of carbonyl (C=O) groups is 1. The van der Waals surface area contributed by atoms with Crippen LogP contribution in [0.3, 0.4) is 0 Å². The van der Waals surface area contributed by atoms with Crippen LogP contribution >= 0.6 is 11.3 Å². The standard InChI is InChI=1S/C20H16N4OS/c1-13-2-4-14(5-3-13)18-12-26-20(24-18)16(10-21)11-23-17-8-6-15(7-9-17)19(22)25/h2-9,11-12,23H,1H3,(H2,22,25). The van der Waals surface area contributed by atoms with Crippen molar-refractivity contribution in [3.8, 4) is 17.3 Å². The van der Waals surface area contributed by atoms with Gasteiger partial charge in [0.05, 0.1) is 5.69 Å². The Morgan fingerprint density at radius 1 is 1.19 bits per heavy atom. The van der Waals surface area contributed by atoms with E-state index in [0.29, 0.717) is 16.1 Å². The Morgan fingerprint density at radius 3 is 2.50 bits per heavy atom. The topological polar surface area (TPSA) is 91.8 Å². The fourth-order valence-corrected chi connectivity index (χ4v) is 3.08. The molecule has 0 aliphatic carbocycles. The van der Waals surface area contributed by atoms with Crippen molar-refractivity contribution >= 4 is 28.5 Å². The van der Waals surface area contributed by atoms with Crippen molar-refractivity contribution in [3.05, 3.63) is 76.2 Å². The van der Waals surface area contributed by atoms with E-state index in [1.165, 1.54) is 16.9 Å². The number of rotatable bonds is 5. The van der Waals surface area contributed by atoms with Crippen LogP contribution in [0.5, 0.6) is 0 Å². The Kier molecular flexibility index (Phi) is 5.11. The minimum Gasteiger partial charge on any atom is -0.366 e. The third kappa shape index (κ3) is 3.97. The highest BCUT2D eigenvalue weighted by Gasteiger charge is 2.09. The molecule has 0 bridgehead atoms. The second kappa shape index (κ2) is 7.64. The molecule has 3 N–H and O–H groups in total. The molecule has 0 atom stereocenters. The molecular weight excluding hydrogens is 344 g/mol. The van der Waals surface area contributed by atoms with Crippen LogP contribution in [-0.4, -0.2) is 10.9 Å². The number of nitrogens with one attached hydrogen (secondary N) is 1. The molecule has 0 aliphatic rings. The quantitative estimate of drug-likeness (QED) is 0.667. The molecule has 0 spiro atoms. The molecule has 3 aromatic rings. The van der Waals surface area contributed by atoms with Gasteiger partial charge in [0.2, 0.25) is 5.91 Å². The molecule has 1 amide bonds. The van der Waals surface area contributed by atoms with Gasteiger partial charge in [-0.3, -0.25) is 4.79 Å². The third-order valence-corrected chi connectivity index (χ3v) is 4.63. The summed E-state index contributed by atoms with van der Waals surface area (Å²) in [7, 11) is 0. The van der Waals surface area contributed by atoms with Crippen molar-refractivity contribution in [1.29, 1.82) is 5.26 Å². The molecule has 0 unspecified atom stereocenters. The molecule has 0 fully saturated rings. The number of allylic oxidation sites excluding steroid dienone is 1. The molecule has 0 saturated carbocycles. The monoisotopic (exact) mass is 360 g/mol. The number of thiazole rings is 1. The first-order valence-corrected chi connectivity index (χ1v) is 8.74. The lowest BCUT2D eigenvalue weighted by Gasteiger charge is -2.02. The highest BCUT2D eigenvalue weighted by atomic mass is 32.1. The van der Waals surface area contributed by atoms with Crippen molar-refractivity contribution in [2.24, 2.45) is 5.73 Å². The van der Waals surface area contributed by atoms with Crippen LogP contribution in [-0.2, 0) is 0 Å². The zero-order chi connectivity index (χ0) is 18.5. The summed E-state index contributed by atoms with van der Waals surface area (Å²) in [5.41, 5.74) is 9.89. The fraction of sp³-hybridized carbons (Fsp3) is 0.0500. The van der Waals surface area contributed by atoms with Crippen LogP contribution in [0.4, 0.5) is 5.69 Å². The Labute approximate surface area is 155 Å². The lowest BCUT2D eigenvalue weighted by atomic mass is 10.1. The molecule has 1 aromatic heterocycles. The molecule has 3 rings (SSSR count). The average Bonchev–Trinajstić information content (AvgIpc) is 3.13. The number of primary amides is 1. The molecule has 6 heteroatoms. The van der Waals surface area contributed by atoms with E-state index in [9.17, 15) is 10.1 Å². The maximum atomic E-state index is 11.1. The van der Waals surface area contributed by atoms with Crippen molar-refractivity contribution < 1.29 is 4.79 Å². The third-order valence-electron chi connectivity index (χ3n) is 3.75. The predicted molar refractivity (Wildman–Crippen MR) is 104 cm³/mol. The highest BCUT2D eigenvalue weighted by molar-refractivity contribution is 7.11. The van der Waals surface area contributed by atoms with Crippen LogP contribution in [0.25, 0.3) is 16.8 Å². The van der Waals surface area contributed by atoms with Crippen LogP contribution in [0.1, 0.15) is 20.9 Å². The summed E-state index contributed by atoms with van der Waals surface area (Å²) in [4.78, 5) is 15.6. The maximum absolute atomic E-state index is 11.1. The summed E-state index contributed by atoms with van der Waals surface area (Å²) in [6.07, 6.45) is 1.61. The number of nitrogens with two attached hydrogens (primary N) is 1. The fourth-order valence-electron chi connectivity index (χ4n) is 2.28. The summed E-state index contributed by atoms with van der Waals surface area (Å²) < 4.78 is 0. The SMILES string of the molecule is Cc1ccc(-c2csc(C(C#N)=CNc3ccc(C(N)=O)cc3)n2)cc1. The summed E-state index contributed by atoms with van der Waals surface area (Å²) >= 11 is 1.42.